The van der Waals surface area contributed by atoms with Crippen LogP contribution in [0.1, 0.15) is 32.1 Å². The second-order valence-corrected chi connectivity index (χ2v) is 6.56. The first-order chi connectivity index (χ1) is 8.61. The third kappa shape index (κ3) is 2.25. The van der Waals surface area contributed by atoms with E-state index in [1.54, 1.807) is 0 Å². The van der Waals surface area contributed by atoms with Crippen LogP contribution < -0.4 is 5.32 Å². The fourth-order valence-electron chi connectivity index (χ4n) is 3.28. The highest BCUT2D eigenvalue weighted by atomic mass is 32.2. The molecule has 2 N–H and O–H groups in total. The molecule has 98 valence electrons. The molecule has 5 nitrogen and oxygen atoms in total. The van der Waals surface area contributed by atoms with Crippen LogP contribution in [-0.2, 0) is 9.59 Å². The fourth-order valence-corrected chi connectivity index (χ4v) is 4.30. The number of carbonyl (C=O) groups is 2. The largest absolute Gasteiger partial charge is 0.481 e. The summed E-state index contributed by atoms with van der Waals surface area (Å²) in [7, 11) is 0. The van der Waals surface area contributed by atoms with Gasteiger partial charge in [0.15, 0.2) is 5.17 Å². The monoisotopic (exact) mass is 268 g/mol. The Balaban J connectivity index is 1.64. The van der Waals surface area contributed by atoms with Crippen molar-refractivity contribution in [3.8, 4) is 0 Å². The number of fused-ring (bicyclic) bond motifs is 2. The summed E-state index contributed by atoms with van der Waals surface area (Å²) in [5, 5.41) is 11.5. The van der Waals surface area contributed by atoms with Crippen molar-refractivity contribution in [1.82, 2.24) is 5.32 Å². The lowest BCUT2D eigenvalue weighted by Gasteiger charge is -2.17. The molecule has 1 amide bonds. The predicted octanol–water partition coefficient (Wildman–Crippen LogP) is 1.24. The molecular formula is C12H16N2O3S. The topological polar surface area (TPSA) is 78.8 Å². The molecule has 3 aliphatic rings. The summed E-state index contributed by atoms with van der Waals surface area (Å²) in [4.78, 5) is 26.8. The van der Waals surface area contributed by atoms with E-state index in [0.717, 1.165) is 12.3 Å². The number of aliphatic imine (C=N–C) groups is 1. The SMILES string of the molecule is O=C(O)CC1SC(=NC2CC3CCC2C3)NC1=O. The second-order valence-electron chi connectivity index (χ2n) is 5.37. The number of aliphatic carboxylic acids is 1. The first-order valence-corrected chi connectivity index (χ1v) is 7.27. The lowest BCUT2D eigenvalue weighted by molar-refractivity contribution is -0.138. The number of hydrogen-bond donors (Lipinski definition) is 2. The van der Waals surface area contributed by atoms with Gasteiger partial charge in [-0.1, -0.05) is 18.2 Å². The highest BCUT2D eigenvalue weighted by Crippen LogP contribution is 2.46. The molecule has 3 fully saturated rings. The summed E-state index contributed by atoms with van der Waals surface area (Å²) in [5.41, 5.74) is 0. The molecule has 18 heavy (non-hydrogen) atoms. The van der Waals surface area contributed by atoms with Crippen molar-refractivity contribution in [2.75, 3.05) is 0 Å². The van der Waals surface area contributed by atoms with E-state index in [9.17, 15) is 9.59 Å². The summed E-state index contributed by atoms with van der Waals surface area (Å²) < 4.78 is 0. The summed E-state index contributed by atoms with van der Waals surface area (Å²) in [5.74, 6) is 0.341. The maximum atomic E-state index is 11.6. The Bertz CT molecular complexity index is 424. The maximum Gasteiger partial charge on any atom is 0.305 e. The Morgan fingerprint density at radius 3 is 2.89 bits per heavy atom. The molecule has 0 aromatic carbocycles. The number of carboxylic acids is 1. The van der Waals surface area contributed by atoms with E-state index in [1.165, 1.54) is 31.0 Å². The molecule has 1 heterocycles. The van der Waals surface area contributed by atoms with Crippen LogP contribution in [0.3, 0.4) is 0 Å². The minimum atomic E-state index is -0.941. The van der Waals surface area contributed by atoms with Gasteiger partial charge in [0.1, 0.15) is 5.25 Å². The minimum absolute atomic E-state index is 0.133. The Labute approximate surface area is 109 Å². The number of carboxylic acid groups (broad SMARTS) is 1. The normalized spacial score (nSPS) is 40.4. The molecule has 6 heteroatoms. The quantitative estimate of drug-likeness (QED) is 0.807. The third-order valence-electron chi connectivity index (χ3n) is 4.12. The molecule has 0 aromatic heterocycles. The van der Waals surface area contributed by atoms with Gasteiger partial charge < -0.3 is 10.4 Å². The van der Waals surface area contributed by atoms with Crippen LogP contribution in [0.25, 0.3) is 0 Å². The fraction of sp³-hybridized carbons (Fsp3) is 0.750. The molecule has 4 atom stereocenters. The van der Waals surface area contributed by atoms with Crippen molar-refractivity contribution in [2.45, 2.75) is 43.4 Å². The summed E-state index contributed by atoms with van der Waals surface area (Å²) in [6.07, 6.45) is 4.86. The van der Waals surface area contributed by atoms with Gasteiger partial charge in [0, 0.05) is 0 Å². The molecule has 1 aliphatic heterocycles. The Morgan fingerprint density at radius 2 is 2.28 bits per heavy atom. The summed E-state index contributed by atoms with van der Waals surface area (Å²) in [6.45, 7) is 0. The molecule has 0 aromatic rings. The van der Waals surface area contributed by atoms with Crippen LogP contribution in [0.4, 0.5) is 0 Å². The Morgan fingerprint density at radius 1 is 1.44 bits per heavy atom. The van der Waals surface area contributed by atoms with Gasteiger partial charge >= 0.3 is 5.97 Å². The third-order valence-corrected chi connectivity index (χ3v) is 5.22. The molecule has 2 aliphatic carbocycles. The van der Waals surface area contributed by atoms with Crippen LogP contribution in [0.5, 0.6) is 0 Å². The van der Waals surface area contributed by atoms with Gasteiger partial charge in [-0.3, -0.25) is 14.6 Å². The minimum Gasteiger partial charge on any atom is -0.481 e. The van der Waals surface area contributed by atoms with Crippen LogP contribution in [0, 0.1) is 11.8 Å². The predicted molar refractivity (Wildman–Crippen MR) is 68.4 cm³/mol. The van der Waals surface area contributed by atoms with Crippen molar-refractivity contribution in [3.63, 3.8) is 0 Å². The van der Waals surface area contributed by atoms with Crippen LogP contribution >= 0.6 is 11.8 Å². The van der Waals surface area contributed by atoms with Crippen LogP contribution in [0.2, 0.25) is 0 Å². The number of amides is 1. The van der Waals surface area contributed by atoms with Crippen LogP contribution in [0.15, 0.2) is 4.99 Å². The van der Waals surface area contributed by atoms with Crippen molar-refractivity contribution < 1.29 is 14.7 Å². The Kier molecular flexibility index (Phi) is 3.05. The van der Waals surface area contributed by atoms with Gasteiger partial charge in [-0.25, -0.2) is 0 Å². The molecule has 2 saturated carbocycles. The zero-order valence-electron chi connectivity index (χ0n) is 9.96. The number of amidine groups is 1. The highest BCUT2D eigenvalue weighted by molar-refractivity contribution is 8.15. The van der Waals surface area contributed by atoms with E-state index in [-0.39, 0.29) is 12.3 Å². The number of thioether (sulfide) groups is 1. The van der Waals surface area contributed by atoms with Gasteiger partial charge in [-0.15, -0.1) is 0 Å². The second kappa shape index (κ2) is 4.57. The van der Waals surface area contributed by atoms with E-state index in [2.05, 4.69) is 10.3 Å². The highest BCUT2D eigenvalue weighted by Gasteiger charge is 2.40. The molecular weight excluding hydrogens is 252 g/mol. The average molecular weight is 268 g/mol. The van der Waals surface area contributed by atoms with Crippen LogP contribution in [-0.4, -0.2) is 33.4 Å². The smallest absolute Gasteiger partial charge is 0.305 e. The average Bonchev–Trinajstić information content (AvgIpc) is 2.95. The van der Waals surface area contributed by atoms with E-state index in [1.807, 2.05) is 0 Å². The first kappa shape index (κ1) is 12.0. The first-order valence-electron chi connectivity index (χ1n) is 6.39. The van der Waals surface area contributed by atoms with Gasteiger partial charge in [0.25, 0.3) is 0 Å². The molecule has 2 bridgehead atoms. The lowest BCUT2D eigenvalue weighted by atomic mass is 9.96. The molecule has 4 unspecified atom stereocenters. The Hall–Kier alpha value is -1.04. The zero-order chi connectivity index (χ0) is 12.7. The maximum absolute atomic E-state index is 11.6. The molecule has 0 spiro atoms. The van der Waals surface area contributed by atoms with Gasteiger partial charge in [0.2, 0.25) is 5.91 Å². The molecule has 3 rings (SSSR count). The number of nitrogens with zero attached hydrogens (tertiary/aromatic N) is 1. The zero-order valence-corrected chi connectivity index (χ0v) is 10.8. The number of nitrogens with one attached hydrogen (secondary N) is 1. The summed E-state index contributed by atoms with van der Waals surface area (Å²) >= 11 is 1.27. The van der Waals surface area contributed by atoms with E-state index in [4.69, 9.17) is 5.11 Å². The number of rotatable bonds is 3. The van der Waals surface area contributed by atoms with Gasteiger partial charge in [-0.2, -0.15) is 0 Å². The van der Waals surface area contributed by atoms with Gasteiger partial charge in [0.05, 0.1) is 12.5 Å². The standard InChI is InChI=1S/C12H16N2O3S/c15-10(16)5-9-11(17)14-12(18-9)13-8-4-6-1-2-7(8)3-6/h6-9H,1-5H2,(H,15,16)(H,13,14,17). The number of carbonyl (C=O) groups excluding carboxylic acids is 1. The van der Waals surface area contributed by atoms with E-state index < -0.39 is 11.2 Å². The lowest BCUT2D eigenvalue weighted by Crippen LogP contribution is -2.27. The van der Waals surface area contributed by atoms with Crippen molar-refractivity contribution >= 4 is 28.8 Å². The molecule has 1 saturated heterocycles. The van der Waals surface area contributed by atoms with Gasteiger partial charge in [-0.05, 0) is 31.1 Å². The van der Waals surface area contributed by atoms with E-state index >= 15 is 0 Å². The van der Waals surface area contributed by atoms with Crippen molar-refractivity contribution in [3.05, 3.63) is 0 Å². The molecule has 0 radical (unpaired) electrons. The van der Waals surface area contributed by atoms with E-state index in [0.29, 0.717) is 17.1 Å². The summed E-state index contributed by atoms with van der Waals surface area (Å²) in [6, 6.07) is 0.343. The van der Waals surface area contributed by atoms with Crippen molar-refractivity contribution in [1.29, 1.82) is 0 Å². The van der Waals surface area contributed by atoms with Crippen molar-refractivity contribution in [2.24, 2.45) is 16.8 Å². The number of hydrogen-bond acceptors (Lipinski definition) is 4.